The molecule has 7 nitrogen and oxygen atoms in total. The number of carbonyl (C=O) groups excluding carboxylic acids is 1. The van der Waals surface area contributed by atoms with Gasteiger partial charge in [-0.25, -0.2) is 4.68 Å². The maximum absolute atomic E-state index is 13.1. The Kier molecular flexibility index (Phi) is 5.01. The molecular formula is C24H21N5O2. The van der Waals surface area contributed by atoms with E-state index in [-0.39, 0.29) is 5.78 Å². The number of aromatic nitrogens is 3. The number of rotatable bonds is 5. The summed E-state index contributed by atoms with van der Waals surface area (Å²) in [5.74, 6) is -0.150. The van der Waals surface area contributed by atoms with E-state index in [1.54, 1.807) is 24.1 Å². The molecule has 5 rings (SSSR count). The van der Waals surface area contributed by atoms with E-state index in [0.29, 0.717) is 24.5 Å². The first-order valence-electron chi connectivity index (χ1n) is 10.1. The molecule has 0 saturated heterocycles. The van der Waals surface area contributed by atoms with Gasteiger partial charge in [-0.3, -0.25) is 14.8 Å². The van der Waals surface area contributed by atoms with E-state index in [1.165, 1.54) is 0 Å². The highest BCUT2D eigenvalue weighted by molar-refractivity contribution is 6.47. The number of Topliss-reactive ketones (excluding diaryl/α,β-unsaturated/α-hetero) is 1. The molecule has 0 spiro atoms. The third-order valence-electron chi connectivity index (χ3n) is 5.32. The van der Waals surface area contributed by atoms with E-state index in [1.807, 2.05) is 65.7 Å². The van der Waals surface area contributed by atoms with Crippen molar-refractivity contribution in [2.75, 3.05) is 13.7 Å². The van der Waals surface area contributed by atoms with Crippen LogP contribution in [0.25, 0.3) is 16.6 Å². The van der Waals surface area contributed by atoms with Gasteiger partial charge in [0.25, 0.3) is 0 Å². The average Bonchev–Trinajstić information content (AvgIpc) is 3.30. The minimum Gasteiger partial charge on any atom is -0.371 e. The van der Waals surface area contributed by atoms with E-state index < -0.39 is 6.10 Å². The van der Waals surface area contributed by atoms with Crippen molar-refractivity contribution in [2.45, 2.75) is 12.6 Å². The first-order chi connectivity index (χ1) is 15.2. The minimum absolute atomic E-state index is 0.150. The van der Waals surface area contributed by atoms with Crippen LogP contribution in [0.3, 0.4) is 0 Å². The summed E-state index contributed by atoms with van der Waals surface area (Å²) in [6, 6.07) is 23.5. The minimum atomic E-state index is -0.605. The zero-order valence-electron chi connectivity index (χ0n) is 17.0. The summed E-state index contributed by atoms with van der Waals surface area (Å²) in [6.45, 7) is 0.841. The van der Waals surface area contributed by atoms with Gasteiger partial charge in [0.1, 0.15) is 6.10 Å². The number of hydrazone groups is 1. The largest absolute Gasteiger partial charge is 0.371 e. The number of hydrogen-bond acceptors (Lipinski definition) is 6. The van der Waals surface area contributed by atoms with Crippen LogP contribution in [0.2, 0.25) is 0 Å². The summed E-state index contributed by atoms with van der Waals surface area (Å²) in [5, 5.41) is 12.0. The van der Waals surface area contributed by atoms with Crippen LogP contribution < -0.4 is 0 Å². The first kappa shape index (κ1) is 19.1. The molecule has 0 fully saturated rings. The molecule has 1 aliphatic rings. The molecule has 0 aliphatic carbocycles. The number of methoxy groups -OCH3 is 1. The van der Waals surface area contributed by atoms with E-state index >= 15 is 0 Å². The standard InChI is InChI=1S/C24H21N5O2/c1-31-22-16-28(15-18-12-11-17-7-5-6-10-20(17)26-18)27-23(24(22)30)21-13-14-25-29(21)19-8-3-2-4-9-19/h2-14,22H,15-16H2,1H3. The lowest BCUT2D eigenvalue weighted by Crippen LogP contribution is -2.45. The number of ether oxygens (including phenoxy) is 1. The van der Waals surface area contributed by atoms with Gasteiger partial charge in [0.15, 0.2) is 5.71 Å². The van der Waals surface area contributed by atoms with Gasteiger partial charge in [-0.1, -0.05) is 42.5 Å². The molecule has 0 amide bonds. The Hall–Kier alpha value is -3.84. The van der Waals surface area contributed by atoms with E-state index in [2.05, 4.69) is 16.3 Å². The molecule has 4 aromatic rings. The summed E-state index contributed by atoms with van der Waals surface area (Å²) < 4.78 is 7.22. The number of pyridine rings is 1. The van der Waals surface area contributed by atoms with Gasteiger partial charge < -0.3 is 4.74 Å². The molecule has 0 radical (unpaired) electrons. The lowest BCUT2D eigenvalue weighted by atomic mass is 10.1. The van der Waals surface area contributed by atoms with E-state index in [9.17, 15) is 4.79 Å². The van der Waals surface area contributed by atoms with Crippen LogP contribution >= 0.6 is 0 Å². The molecule has 0 N–H and O–H groups in total. The zero-order valence-corrected chi connectivity index (χ0v) is 17.0. The van der Waals surface area contributed by atoms with Gasteiger partial charge in [-0.2, -0.15) is 10.2 Å². The fraction of sp³-hybridized carbons (Fsp3) is 0.167. The monoisotopic (exact) mass is 411 g/mol. The molecule has 3 heterocycles. The van der Waals surface area contributed by atoms with Crippen molar-refractivity contribution >= 4 is 22.4 Å². The van der Waals surface area contributed by atoms with Crippen molar-refractivity contribution in [3.63, 3.8) is 0 Å². The Morgan fingerprint density at radius 2 is 1.81 bits per heavy atom. The van der Waals surface area contributed by atoms with Crippen LogP contribution in [-0.4, -0.2) is 51.0 Å². The van der Waals surface area contributed by atoms with Crippen LogP contribution in [0.15, 0.2) is 84.1 Å². The smallest absolute Gasteiger partial charge is 0.215 e. The molecule has 1 unspecified atom stereocenters. The van der Waals surface area contributed by atoms with Crippen molar-refractivity contribution in [3.05, 3.63) is 90.4 Å². The SMILES string of the molecule is COC1CN(Cc2ccc3ccccc3n2)N=C(c2ccnn2-c2ccccc2)C1=O. The Labute approximate surface area is 179 Å². The molecule has 1 aliphatic heterocycles. The lowest BCUT2D eigenvalue weighted by Gasteiger charge is -2.29. The van der Waals surface area contributed by atoms with Gasteiger partial charge >= 0.3 is 0 Å². The number of fused-ring (bicyclic) bond motifs is 1. The van der Waals surface area contributed by atoms with Gasteiger partial charge in [0.2, 0.25) is 5.78 Å². The lowest BCUT2D eigenvalue weighted by molar-refractivity contribution is -0.124. The van der Waals surface area contributed by atoms with Crippen LogP contribution in [0.4, 0.5) is 0 Å². The summed E-state index contributed by atoms with van der Waals surface area (Å²) in [4.78, 5) is 17.8. The molecule has 0 bridgehead atoms. The molecule has 2 aromatic carbocycles. The normalized spacial score (nSPS) is 16.5. The van der Waals surface area contributed by atoms with Crippen LogP contribution in [-0.2, 0) is 16.1 Å². The summed E-state index contributed by atoms with van der Waals surface area (Å²) in [6.07, 6.45) is 1.07. The highest BCUT2D eigenvalue weighted by atomic mass is 16.5. The molecule has 2 aromatic heterocycles. The number of para-hydroxylation sites is 2. The van der Waals surface area contributed by atoms with Crippen molar-refractivity contribution < 1.29 is 9.53 Å². The maximum Gasteiger partial charge on any atom is 0.215 e. The second-order valence-corrected chi connectivity index (χ2v) is 7.34. The number of carbonyl (C=O) groups is 1. The number of benzene rings is 2. The predicted octanol–water partition coefficient (Wildman–Crippen LogP) is 3.22. The average molecular weight is 411 g/mol. The molecule has 0 saturated carbocycles. The van der Waals surface area contributed by atoms with E-state index in [4.69, 9.17) is 9.72 Å². The van der Waals surface area contributed by atoms with Crippen molar-refractivity contribution in [1.29, 1.82) is 0 Å². The van der Waals surface area contributed by atoms with E-state index in [0.717, 1.165) is 22.3 Å². The maximum atomic E-state index is 13.1. The van der Waals surface area contributed by atoms with Crippen molar-refractivity contribution in [2.24, 2.45) is 5.10 Å². The number of hydrogen-bond donors (Lipinski definition) is 0. The Morgan fingerprint density at radius 3 is 2.65 bits per heavy atom. The second kappa shape index (κ2) is 8.12. The van der Waals surface area contributed by atoms with Gasteiger partial charge in [-0.05, 0) is 30.3 Å². The zero-order chi connectivity index (χ0) is 21.2. The van der Waals surface area contributed by atoms with Crippen molar-refractivity contribution in [3.8, 4) is 5.69 Å². The fourth-order valence-electron chi connectivity index (χ4n) is 3.76. The molecule has 154 valence electrons. The van der Waals surface area contributed by atoms with Crippen molar-refractivity contribution in [1.82, 2.24) is 19.8 Å². The summed E-state index contributed by atoms with van der Waals surface area (Å²) >= 11 is 0. The molecule has 31 heavy (non-hydrogen) atoms. The molecule has 1 atom stereocenters. The van der Waals surface area contributed by atoms with Crippen LogP contribution in [0.5, 0.6) is 0 Å². The van der Waals surface area contributed by atoms with Crippen LogP contribution in [0.1, 0.15) is 11.4 Å². The highest BCUT2D eigenvalue weighted by Gasteiger charge is 2.33. The summed E-state index contributed by atoms with van der Waals surface area (Å²) in [5.41, 5.74) is 3.64. The second-order valence-electron chi connectivity index (χ2n) is 7.34. The van der Waals surface area contributed by atoms with Crippen LogP contribution in [0, 0.1) is 0 Å². The van der Waals surface area contributed by atoms with Gasteiger partial charge in [0.05, 0.1) is 41.9 Å². The Bertz CT molecular complexity index is 1270. The number of nitrogens with zero attached hydrogens (tertiary/aromatic N) is 5. The molecular weight excluding hydrogens is 390 g/mol. The summed E-state index contributed by atoms with van der Waals surface area (Å²) in [7, 11) is 1.55. The quantitative estimate of drug-likeness (QED) is 0.504. The van der Waals surface area contributed by atoms with Gasteiger partial charge in [0, 0.05) is 12.5 Å². The Morgan fingerprint density at radius 1 is 1.00 bits per heavy atom. The topological polar surface area (TPSA) is 72.6 Å². The fourth-order valence-corrected chi connectivity index (χ4v) is 3.76. The number of ketones is 1. The third kappa shape index (κ3) is 3.71. The first-order valence-corrected chi connectivity index (χ1v) is 10.1. The Balaban J connectivity index is 1.51. The predicted molar refractivity (Wildman–Crippen MR) is 118 cm³/mol. The van der Waals surface area contributed by atoms with Gasteiger partial charge in [-0.15, -0.1) is 0 Å². The molecule has 7 heteroatoms. The highest BCUT2D eigenvalue weighted by Crippen LogP contribution is 2.19. The third-order valence-corrected chi connectivity index (χ3v) is 5.32.